The Bertz CT molecular complexity index is 1030. The molecule has 3 aromatic rings. The van der Waals surface area contributed by atoms with Crippen LogP contribution in [-0.4, -0.2) is 65.4 Å². The molecule has 148 valence electrons. The molecule has 8 nitrogen and oxygen atoms in total. The third-order valence-corrected chi connectivity index (χ3v) is 4.56. The number of carbonyl (C=O) groups is 1. The first-order valence-corrected chi connectivity index (χ1v) is 9.41. The molecular weight excluding hydrogens is 370 g/mol. The Kier molecular flexibility index (Phi) is 6.00. The first kappa shape index (κ1) is 18.9. The smallest absolute Gasteiger partial charge is 0.211 e. The molecular formula is C21H21N5O3. The summed E-state index contributed by atoms with van der Waals surface area (Å²) in [5.41, 5.74) is 2.93. The second-order valence-corrected chi connectivity index (χ2v) is 6.50. The number of carbonyl (C=O) groups excluding carboxylic acids is 1. The number of ether oxygens (including phenoxy) is 2. The SMILES string of the molecule is O=CNc1ccc(C#Cc2cnc3cc(OCCN4CCOCC4)cnn23)cc1. The van der Waals surface area contributed by atoms with Crippen LogP contribution in [0.2, 0.25) is 0 Å². The molecule has 1 saturated heterocycles. The fourth-order valence-electron chi connectivity index (χ4n) is 2.99. The number of hydrogen-bond acceptors (Lipinski definition) is 6. The van der Waals surface area contributed by atoms with Gasteiger partial charge in [0.1, 0.15) is 18.1 Å². The largest absolute Gasteiger partial charge is 0.490 e. The molecule has 0 aliphatic carbocycles. The van der Waals surface area contributed by atoms with E-state index in [2.05, 4.69) is 32.1 Å². The molecule has 1 N–H and O–H groups in total. The molecule has 0 saturated carbocycles. The van der Waals surface area contributed by atoms with Gasteiger partial charge in [0, 0.05) is 37.0 Å². The van der Waals surface area contributed by atoms with Crippen molar-refractivity contribution in [3.63, 3.8) is 0 Å². The Morgan fingerprint density at radius 2 is 2.00 bits per heavy atom. The Labute approximate surface area is 168 Å². The van der Waals surface area contributed by atoms with Crippen LogP contribution in [0.4, 0.5) is 5.69 Å². The zero-order valence-corrected chi connectivity index (χ0v) is 15.9. The molecule has 0 unspecified atom stereocenters. The van der Waals surface area contributed by atoms with Crippen molar-refractivity contribution in [2.45, 2.75) is 0 Å². The van der Waals surface area contributed by atoms with Gasteiger partial charge in [-0.25, -0.2) is 9.50 Å². The molecule has 1 fully saturated rings. The maximum atomic E-state index is 10.4. The summed E-state index contributed by atoms with van der Waals surface area (Å²) >= 11 is 0. The lowest BCUT2D eigenvalue weighted by atomic mass is 10.2. The fraction of sp³-hybridized carbons (Fsp3) is 0.286. The van der Waals surface area contributed by atoms with Crippen LogP contribution < -0.4 is 10.1 Å². The summed E-state index contributed by atoms with van der Waals surface area (Å²) in [5, 5.41) is 7.00. The zero-order valence-electron chi connectivity index (χ0n) is 15.9. The molecule has 8 heteroatoms. The van der Waals surface area contributed by atoms with E-state index in [-0.39, 0.29) is 0 Å². The lowest BCUT2D eigenvalue weighted by molar-refractivity contribution is -0.105. The molecule has 1 aromatic carbocycles. The van der Waals surface area contributed by atoms with Gasteiger partial charge in [-0.05, 0) is 30.2 Å². The number of imidazole rings is 1. The molecule has 29 heavy (non-hydrogen) atoms. The van der Waals surface area contributed by atoms with Gasteiger partial charge in [0.25, 0.3) is 0 Å². The van der Waals surface area contributed by atoms with E-state index in [0.29, 0.717) is 30.1 Å². The third kappa shape index (κ3) is 4.90. The molecule has 0 spiro atoms. The Morgan fingerprint density at radius 1 is 1.17 bits per heavy atom. The van der Waals surface area contributed by atoms with E-state index >= 15 is 0 Å². The van der Waals surface area contributed by atoms with Gasteiger partial charge in [-0.2, -0.15) is 5.10 Å². The van der Waals surface area contributed by atoms with E-state index in [9.17, 15) is 4.79 Å². The molecule has 3 heterocycles. The maximum absolute atomic E-state index is 10.4. The number of hydrogen-bond donors (Lipinski definition) is 1. The predicted octanol–water partition coefficient (Wildman–Crippen LogP) is 1.41. The number of morpholine rings is 1. The minimum absolute atomic E-state index is 0.597. The molecule has 1 aliphatic heterocycles. The average Bonchev–Trinajstić information content (AvgIpc) is 3.16. The van der Waals surface area contributed by atoms with Gasteiger partial charge in [0.05, 0.1) is 25.6 Å². The molecule has 1 amide bonds. The predicted molar refractivity (Wildman–Crippen MR) is 108 cm³/mol. The van der Waals surface area contributed by atoms with Crippen molar-refractivity contribution in [2.24, 2.45) is 0 Å². The normalized spacial score (nSPS) is 14.2. The quantitative estimate of drug-likeness (QED) is 0.506. The number of fused-ring (bicyclic) bond motifs is 1. The van der Waals surface area contributed by atoms with Crippen molar-refractivity contribution in [3.8, 4) is 17.6 Å². The van der Waals surface area contributed by atoms with Gasteiger partial charge in [-0.15, -0.1) is 0 Å². The van der Waals surface area contributed by atoms with Crippen LogP contribution in [0.15, 0.2) is 42.7 Å². The number of nitrogens with zero attached hydrogens (tertiary/aromatic N) is 4. The first-order valence-electron chi connectivity index (χ1n) is 9.41. The van der Waals surface area contributed by atoms with Gasteiger partial charge >= 0.3 is 0 Å². The second kappa shape index (κ2) is 9.19. The van der Waals surface area contributed by atoms with Gasteiger partial charge in [-0.1, -0.05) is 5.92 Å². The van der Waals surface area contributed by atoms with E-state index in [1.807, 2.05) is 18.2 Å². The lowest BCUT2D eigenvalue weighted by Crippen LogP contribution is -2.38. The highest BCUT2D eigenvalue weighted by atomic mass is 16.5. The molecule has 1 aliphatic rings. The zero-order chi connectivity index (χ0) is 19.9. The van der Waals surface area contributed by atoms with E-state index in [1.54, 1.807) is 29.0 Å². The molecule has 0 atom stereocenters. The summed E-state index contributed by atoms with van der Waals surface area (Å²) in [6, 6.07) is 9.14. The highest BCUT2D eigenvalue weighted by Crippen LogP contribution is 2.13. The van der Waals surface area contributed by atoms with Gasteiger partial charge in [0.2, 0.25) is 6.41 Å². The van der Waals surface area contributed by atoms with E-state index in [0.717, 1.165) is 44.1 Å². The van der Waals surface area contributed by atoms with Crippen molar-refractivity contribution in [3.05, 3.63) is 54.0 Å². The Balaban J connectivity index is 1.39. The van der Waals surface area contributed by atoms with Crippen LogP contribution in [0.5, 0.6) is 5.75 Å². The van der Waals surface area contributed by atoms with Gasteiger partial charge in [-0.3, -0.25) is 9.69 Å². The summed E-state index contributed by atoms with van der Waals surface area (Å²) in [6.45, 7) is 4.91. The van der Waals surface area contributed by atoms with Crippen molar-refractivity contribution in [1.82, 2.24) is 19.5 Å². The third-order valence-electron chi connectivity index (χ3n) is 4.56. The van der Waals surface area contributed by atoms with Crippen molar-refractivity contribution in [2.75, 3.05) is 44.8 Å². The van der Waals surface area contributed by atoms with E-state index < -0.39 is 0 Å². The van der Waals surface area contributed by atoms with Gasteiger partial charge in [0.15, 0.2) is 5.65 Å². The summed E-state index contributed by atoms with van der Waals surface area (Å²) in [7, 11) is 0. The first-order chi connectivity index (χ1) is 14.3. The summed E-state index contributed by atoms with van der Waals surface area (Å²) in [6.07, 6.45) is 4.01. The van der Waals surface area contributed by atoms with Crippen LogP contribution in [0, 0.1) is 11.8 Å². The van der Waals surface area contributed by atoms with E-state index in [4.69, 9.17) is 9.47 Å². The Hall–Kier alpha value is -3.41. The fourth-order valence-corrected chi connectivity index (χ4v) is 2.99. The topological polar surface area (TPSA) is 81.0 Å². The van der Waals surface area contributed by atoms with Crippen LogP contribution in [0.3, 0.4) is 0 Å². The Morgan fingerprint density at radius 3 is 2.79 bits per heavy atom. The van der Waals surface area contributed by atoms with Crippen molar-refractivity contribution < 1.29 is 14.3 Å². The number of aromatic nitrogens is 3. The summed E-state index contributed by atoms with van der Waals surface area (Å²) in [5.74, 6) is 6.85. The number of rotatable bonds is 6. The van der Waals surface area contributed by atoms with Crippen LogP contribution >= 0.6 is 0 Å². The molecule has 0 radical (unpaired) electrons. The number of amides is 1. The van der Waals surface area contributed by atoms with E-state index in [1.165, 1.54) is 0 Å². The summed E-state index contributed by atoms with van der Waals surface area (Å²) < 4.78 is 12.9. The standard InChI is InChI=1S/C21H21N5O3/c27-16-23-18-4-1-17(2-5-18)3-6-19-14-22-21-13-20(15-24-26(19)21)29-12-9-25-7-10-28-11-8-25/h1-2,4-5,13-16H,7-12H2,(H,23,27). The average molecular weight is 391 g/mol. The number of anilines is 1. The highest BCUT2D eigenvalue weighted by molar-refractivity contribution is 5.71. The number of nitrogens with one attached hydrogen (secondary N) is 1. The summed E-state index contributed by atoms with van der Waals surface area (Å²) in [4.78, 5) is 17.1. The monoisotopic (exact) mass is 391 g/mol. The maximum Gasteiger partial charge on any atom is 0.211 e. The molecule has 0 bridgehead atoms. The van der Waals surface area contributed by atoms with Crippen LogP contribution in [0.25, 0.3) is 5.65 Å². The minimum Gasteiger partial charge on any atom is -0.490 e. The molecule has 4 rings (SSSR count). The number of benzene rings is 1. The lowest BCUT2D eigenvalue weighted by Gasteiger charge is -2.26. The second-order valence-electron chi connectivity index (χ2n) is 6.50. The van der Waals surface area contributed by atoms with Crippen molar-refractivity contribution in [1.29, 1.82) is 0 Å². The van der Waals surface area contributed by atoms with Crippen LogP contribution in [0.1, 0.15) is 11.3 Å². The van der Waals surface area contributed by atoms with Gasteiger partial charge < -0.3 is 14.8 Å². The van der Waals surface area contributed by atoms with Crippen LogP contribution in [-0.2, 0) is 9.53 Å². The minimum atomic E-state index is 0.597. The highest BCUT2D eigenvalue weighted by Gasteiger charge is 2.10. The van der Waals surface area contributed by atoms with Crippen molar-refractivity contribution >= 4 is 17.7 Å². The molecule has 2 aromatic heterocycles.